The van der Waals surface area contributed by atoms with Crippen LogP contribution in [0.2, 0.25) is 0 Å². The molecule has 5 heteroatoms. The van der Waals surface area contributed by atoms with Crippen molar-refractivity contribution >= 4 is 5.82 Å². The lowest BCUT2D eigenvalue weighted by Gasteiger charge is -2.32. The molecule has 1 atom stereocenters. The standard InChI is InChI=1S/C13H21N3O2/c1-13(2,3)11-4-5-12(15-14-11)16-6-7-18-10(8-16)9-17/h4-5,10,17H,6-9H2,1-3H3. The molecule has 1 unspecified atom stereocenters. The summed E-state index contributed by atoms with van der Waals surface area (Å²) < 4.78 is 5.42. The van der Waals surface area contributed by atoms with Gasteiger partial charge in [-0.1, -0.05) is 20.8 Å². The number of rotatable bonds is 2. The van der Waals surface area contributed by atoms with Crippen molar-refractivity contribution in [1.29, 1.82) is 0 Å². The second-order valence-corrected chi connectivity index (χ2v) is 5.65. The molecule has 2 rings (SSSR count). The molecule has 1 aromatic rings. The third kappa shape index (κ3) is 2.97. The summed E-state index contributed by atoms with van der Waals surface area (Å²) in [6, 6.07) is 4.01. The van der Waals surface area contributed by atoms with Gasteiger partial charge in [0, 0.05) is 18.5 Å². The molecule has 0 saturated carbocycles. The second-order valence-electron chi connectivity index (χ2n) is 5.65. The third-order valence-electron chi connectivity index (χ3n) is 3.09. The van der Waals surface area contributed by atoms with Crippen molar-refractivity contribution in [1.82, 2.24) is 10.2 Å². The van der Waals surface area contributed by atoms with Crippen LogP contribution in [0, 0.1) is 0 Å². The van der Waals surface area contributed by atoms with E-state index < -0.39 is 0 Å². The van der Waals surface area contributed by atoms with Crippen LogP contribution >= 0.6 is 0 Å². The van der Waals surface area contributed by atoms with E-state index in [9.17, 15) is 0 Å². The lowest BCUT2D eigenvalue weighted by atomic mass is 9.92. The highest BCUT2D eigenvalue weighted by Crippen LogP contribution is 2.21. The average Bonchev–Trinajstić information content (AvgIpc) is 2.38. The first-order chi connectivity index (χ1) is 8.50. The minimum atomic E-state index is -0.122. The fourth-order valence-corrected chi connectivity index (χ4v) is 1.93. The maximum Gasteiger partial charge on any atom is 0.151 e. The number of aliphatic hydroxyl groups excluding tert-OH is 1. The van der Waals surface area contributed by atoms with E-state index >= 15 is 0 Å². The molecule has 100 valence electrons. The monoisotopic (exact) mass is 251 g/mol. The zero-order chi connectivity index (χ0) is 13.2. The molecule has 0 amide bonds. The molecule has 1 saturated heterocycles. The van der Waals surface area contributed by atoms with E-state index in [-0.39, 0.29) is 18.1 Å². The minimum absolute atomic E-state index is 0.0180. The van der Waals surface area contributed by atoms with E-state index in [1.54, 1.807) is 0 Å². The molecular formula is C13H21N3O2. The molecule has 2 heterocycles. The van der Waals surface area contributed by atoms with Gasteiger partial charge in [0.25, 0.3) is 0 Å². The van der Waals surface area contributed by atoms with Gasteiger partial charge >= 0.3 is 0 Å². The molecule has 1 aliphatic rings. The van der Waals surface area contributed by atoms with E-state index in [0.717, 1.165) is 18.1 Å². The van der Waals surface area contributed by atoms with E-state index in [2.05, 4.69) is 35.9 Å². The zero-order valence-electron chi connectivity index (χ0n) is 11.3. The Kier molecular flexibility index (Phi) is 3.82. The number of ether oxygens (including phenoxy) is 1. The Hall–Kier alpha value is -1.20. The lowest BCUT2D eigenvalue weighted by Crippen LogP contribution is -2.44. The predicted octanol–water partition coefficient (Wildman–Crippen LogP) is 0.972. The second kappa shape index (κ2) is 5.20. The predicted molar refractivity (Wildman–Crippen MR) is 69.8 cm³/mol. The summed E-state index contributed by atoms with van der Waals surface area (Å²) in [5, 5.41) is 17.7. The topological polar surface area (TPSA) is 58.5 Å². The Labute approximate surface area is 108 Å². The van der Waals surface area contributed by atoms with Crippen LogP contribution in [-0.2, 0) is 10.2 Å². The number of aliphatic hydroxyl groups is 1. The molecule has 18 heavy (non-hydrogen) atoms. The Bertz CT molecular complexity index is 386. The summed E-state index contributed by atoms with van der Waals surface area (Å²) in [5.74, 6) is 0.852. The summed E-state index contributed by atoms with van der Waals surface area (Å²) in [6.45, 7) is 8.48. The summed E-state index contributed by atoms with van der Waals surface area (Å²) in [6.07, 6.45) is -0.122. The van der Waals surface area contributed by atoms with Crippen molar-refractivity contribution in [2.24, 2.45) is 0 Å². The van der Waals surface area contributed by atoms with Crippen LogP contribution < -0.4 is 4.90 Å². The molecule has 0 aliphatic carbocycles. The van der Waals surface area contributed by atoms with Crippen molar-refractivity contribution in [2.45, 2.75) is 32.3 Å². The first-order valence-electron chi connectivity index (χ1n) is 6.32. The van der Waals surface area contributed by atoms with Gasteiger partial charge in [-0.05, 0) is 12.1 Å². The first kappa shape index (κ1) is 13.2. The summed E-state index contributed by atoms with van der Waals surface area (Å²) in [7, 11) is 0. The van der Waals surface area contributed by atoms with E-state index in [0.29, 0.717) is 13.2 Å². The fourth-order valence-electron chi connectivity index (χ4n) is 1.93. The Morgan fingerprint density at radius 3 is 2.72 bits per heavy atom. The SMILES string of the molecule is CC(C)(C)c1ccc(N2CCOC(CO)C2)nn1. The minimum Gasteiger partial charge on any atom is -0.394 e. The van der Waals surface area contributed by atoms with Crippen LogP contribution in [0.4, 0.5) is 5.82 Å². The molecule has 5 nitrogen and oxygen atoms in total. The third-order valence-corrected chi connectivity index (χ3v) is 3.09. The van der Waals surface area contributed by atoms with Crippen LogP contribution in [0.15, 0.2) is 12.1 Å². The van der Waals surface area contributed by atoms with Crippen molar-refractivity contribution in [3.8, 4) is 0 Å². The number of morpholine rings is 1. The molecule has 1 N–H and O–H groups in total. The fraction of sp³-hybridized carbons (Fsp3) is 0.692. The largest absolute Gasteiger partial charge is 0.394 e. The van der Waals surface area contributed by atoms with Gasteiger partial charge in [0.15, 0.2) is 5.82 Å². The maximum atomic E-state index is 9.12. The van der Waals surface area contributed by atoms with E-state index in [1.165, 1.54) is 0 Å². The van der Waals surface area contributed by atoms with Crippen LogP contribution in [-0.4, -0.2) is 47.7 Å². The summed E-state index contributed by atoms with van der Waals surface area (Å²) in [5.41, 5.74) is 1.00. The summed E-state index contributed by atoms with van der Waals surface area (Å²) >= 11 is 0. The van der Waals surface area contributed by atoms with Gasteiger partial charge in [-0.15, -0.1) is 5.10 Å². The highest BCUT2D eigenvalue weighted by Gasteiger charge is 2.22. The van der Waals surface area contributed by atoms with Gasteiger partial charge in [0.05, 0.1) is 25.0 Å². The van der Waals surface area contributed by atoms with Crippen molar-refractivity contribution in [2.75, 3.05) is 31.2 Å². The molecule has 0 bridgehead atoms. The Balaban J connectivity index is 2.09. The molecule has 1 fully saturated rings. The van der Waals surface area contributed by atoms with E-state index in [1.807, 2.05) is 12.1 Å². The number of aromatic nitrogens is 2. The van der Waals surface area contributed by atoms with Gasteiger partial charge in [0.2, 0.25) is 0 Å². The smallest absolute Gasteiger partial charge is 0.151 e. The Morgan fingerprint density at radius 2 is 2.17 bits per heavy atom. The van der Waals surface area contributed by atoms with Crippen LogP contribution in [0.1, 0.15) is 26.5 Å². The molecule has 1 aliphatic heterocycles. The molecule has 0 radical (unpaired) electrons. The number of nitrogens with zero attached hydrogens (tertiary/aromatic N) is 3. The van der Waals surface area contributed by atoms with Crippen molar-refractivity contribution < 1.29 is 9.84 Å². The van der Waals surface area contributed by atoms with Gasteiger partial charge in [0.1, 0.15) is 0 Å². The van der Waals surface area contributed by atoms with Gasteiger partial charge in [-0.25, -0.2) is 0 Å². The van der Waals surface area contributed by atoms with Gasteiger partial charge in [-0.2, -0.15) is 5.10 Å². The average molecular weight is 251 g/mol. The van der Waals surface area contributed by atoms with Crippen LogP contribution in [0.5, 0.6) is 0 Å². The summed E-state index contributed by atoms with van der Waals surface area (Å²) in [4.78, 5) is 2.10. The maximum absolute atomic E-state index is 9.12. The van der Waals surface area contributed by atoms with Gasteiger partial charge < -0.3 is 14.7 Å². The highest BCUT2D eigenvalue weighted by molar-refractivity contribution is 5.38. The highest BCUT2D eigenvalue weighted by atomic mass is 16.5. The number of anilines is 1. The zero-order valence-corrected chi connectivity index (χ0v) is 11.3. The van der Waals surface area contributed by atoms with Crippen molar-refractivity contribution in [3.63, 3.8) is 0 Å². The number of hydrogen-bond donors (Lipinski definition) is 1. The Morgan fingerprint density at radius 1 is 1.39 bits per heavy atom. The lowest BCUT2D eigenvalue weighted by molar-refractivity contribution is 0.00331. The normalized spacial score (nSPS) is 21.1. The first-order valence-corrected chi connectivity index (χ1v) is 6.32. The van der Waals surface area contributed by atoms with Crippen LogP contribution in [0.25, 0.3) is 0 Å². The van der Waals surface area contributed by atoms with Crippen molar-refractivity contribution in [3.05, 3.63) is 17.8 Å². The number of hydrogen-bond acceptors (Lipinski definition) is 5. The van der Waals surface area contributed by atoms with E-state index in [4.69, 9.17) is 9.84 Å². The molecular weight excluding hydrogens is 230 g/mol. The molecule has 0 aromatic carbocycles. The molecule has 0 spiro atoms. The molecule has 1 aromatic heterocycles. The van der Waals surface area contributed by atoms with Gasteiger partial charge in [-0.3, -0.25) is 0 Å². The van der Waals surface area contributed by atoms with Crippen LogP contribution in [0.3, 0.4) is 0 Å². The quantitative estimate of drug-likeness (QED) is 0.849.